The van der Waals surface area contributed by atoms with Crippen molar-refractivity contribution in [1.82, 2.24) is 14.9 Å². The number of carbonyl (C=O) groups is 1. The first-order chi connectivity index (χ1) is 6.59. The lowest BCUT2D eigenvalue weighted by atomic mass is 10.2. The van der Waals surface area contributed by atoms with E-state index in [1.165, 1.54) is 6.92 Å². The molecule has 1 amide bonds. The largest absolute Gasteiger partial charge is 0.355 e. The molecular formula is C10H17N3O. The van der Waals surface area contributed by atoms with Crippen molar-refractivity contribution in [1.29, 1.82) is 0 Å². The van der Waals surface area contributed by atoms with Gasteiger partial charge in [-0.1, -0.05) is 13.8 Å². The summed E-state index contributed by atoms with van der Waals surface area (Å²) >= 11 is 0. The second kappa shape index (κ2) is 4.79. The maximum absolute atomic E-state index is 10.6. The van der Waals surface area contributed by atoms with E-state index in [2.05, 4.69) is 24.1 Å². The lowest BCUT2D eigenvalue weighted by Crippen LogP contribution is -2.24. The monoisotopic (exact) mass is 195 g/mol. The van der Waals surface area contributed by atoms with Crippen molar-refractivity contribution in [2.75, 3.05) is 6.54 Å². The van der Waals surface area contributed by atoms with E-state index in [0.717, 1.165) is 12.2 Å². The molecular weight excluding hydrogens is 178 g/mol. The summed E-state index contributed by atoms with van der Waals surface area (Å²) in [6, 6.07) is 0. The number of nitrogens with zero attached hydrogens (tertiary/aromatic N) is 2. The minimum absolute atomic E-state index is 0.00852. The van der Waals surface area contributed by atoms with Crippen molar-refractivity contribution in [3.63, 3.8) is 0 Å². The molecule has 1 rings (SSSR count). The summed E-state index contributed by atoms with van der Waals surface area (Å²) in [7, 11) is 0. The van der Waals surface area contributed by atoms with Crippen LogP contribution in [0.25, 0.3) is 0 Å². The summed E-state index contributed by atoms with van der Waals surface area (Å²) in [6.07, 6.45) is 3.82. The van der Waals surface area contributed by atoms with E-state index in [0.29, 0.717) is 12.5 Å². The lowest BCUT2D eigenvalue weighted by Gasteiger charge is -2.02. The number of hydrogen-bond acceptors (Lipinski definition) is 2. The number of hydrogen-bond donors (Lipinski definition) is 1. The molecule has 0 bridgehead atoms. The Bertz CT molecular complexity index is 304. The molecule has 0 radical (unpaired) electrons. The lowest BCUT2D eigenvalue weighted by molar-refractivity contribution is -0.118. The Kier molecular flexibility index (Phi) is 3.68. The third-order valence-electron chi connectivity index (χ3n) is 1.99. The van der Waals surface area contributed by atoms with Crippen LogP contribution in [0.4, 0.5) is 0 Å². The highest BCUT2D eigenvalue weighted by molar-refractivity contribution is 5.72. The quantitative estimate of drug-likeness (QED) is 0.783. The molecule has 0 aliphatic heterocycles. The van der Waals surface area contributed by atoms with Crippen LogP contribution in [0.15, 0.2) is 12.5 Å². The van der Waals surface area contributed by atoms with Crippen LogP contribution in [0, 0.1) is 0 Å². The van der Waals surface area contributed by atoms with E-state index in [1.54, 1.807) is 6.33 Å². The molecule has 1 aromatic heterocycles. The second-order valence-electron chi connectivity index (χ2n) is 3.67. The van der Waals surface area contributed by atoms with Crippen LogP contribution in [0.1, 0.15) is 32.4 Å². The van der Waals surface area contributed by atoms with Crippen LogP contribution in [0.3, 0.4) is 0 Å². The predicted octanol–water partition coefficient (Wildman–Crippen LogP) is 1.14. The van der Waals surface area contributed by atoms with Gasteiger partial charge in [-0.15, -0.1) is 0 Å². The molecule has 0 aliphatic carbocycles. The fourth-order valence-corrected chi connectivity index (χ4v) is 1.16. The van der Waals surface area contributed by atoms with Crippen LogP contribution >= 0.6 is 0 Å². The molecule has 0 fully saturated rings. The van der Waals surface area contributed by atoms with E-state index in [-0.39, 0.29) is 5.91 Å². The van der Waals surface area contributed by atoms with Crippen LogP contribution in [-0.4, -0.2) is 22.0 Å². The fraction of sp³-hybridized carbons (Fsp3) is 0.600. The Morgan fingerprint density at radius 2 is 2.36 bits per heavy atom. The topological polar surface area (TPSA) is 46.9 Å². The maximum Gasteiger partial charge on any atom is 0.216 e. The van der Waals surface area contributed by atoms with Gasteiger partial charge in [0, 0.05) is 26.2 Å². The zero-order valence-electron chi connectivity index (χ0n) is 8.95. The highest BCUT2D eigenvalue weighted by Gasteiger charge is 2.02. The minimum Gasteiger partial charge on any atom is -0.355 e. The Morgan fingerprint density at radius 3 is 2.86 bits per heavy atom. The van der Waals surface area contributed by atoms with Gasteiger partial charge in [-0.25, -0.2) is 4.98 Å². The minimum atomic E-state index is 0.00852. The standard InChI is InChI=1S/C10H17N3O/c1-8(2)10-6-13(7-12-10)5-4-11-9(3)14/h6-8H,4-5H2,1-3H3,(H,11,14). The van der Waals surface area contributed by atoms with Gasteiger partial charge in [-0.2, -0.15) is 0 Å². The van der Waals surface area contributed by atoms with E-state index in [1.807, 2.05) is 10.8 Å². The highest BCUT2D eigenvalue weighted by atomic mass is 16.1. The molecule has 4 nitrogen and oxygen atoms in total. The van der Waals surface area contributed by atoms with Crippen molar-refractivity contribution in [2.45, 2.75) is 33.2 Å². The van der Waals surface area contributed by atoms with Crippen molar-refractivity contribution < 1.29 is 4.79 Å². The van der Waals surface area contributed by atoms with Crippen molar-refractivity contribution >= 4 is 5.91 Å². The average molecular weight is 195 g/mol. The van der Waals surface area contributed by atoms with Gasteiger partial charge in [0.15, 0.2) is 0 Å². The Morgan fingerprint density at radius 1 is 1.64 bits per heavy atom. The number of nitrogens with one attached hydrogen (secondary N) is 1. The first kappa shape index (κ1) is 10.8. The van der Waals surface area contributed by atoms with Gasteiger partial charge >= 0.3 is 0 Å². The molecule has 14 heavy (non-hydrogen) atoms. The Labute approximate surface area is 84.3 Å². The van der Waals surface area contributed by atoms with Crippen LogP contribution in [0.5, 0.6) is 0 Å². The first-order valence-electron chi connectivity index (χ1n) is 4.85. The number of carbonyl (C=O) groups excluding carboxylic acids is 1. The maximum atomic E-state index is 10.6. The third kappa shape index (κ3) is 3.20. The van der Waals surface area contributed by atoms with E-state index >= 15 is 0 Å². The zero-order valence-corrected chi connectivity index (χ0v) is 8.95. The van der Waals surface area contributed by atoms with Gasteiger partial charge in [-0.05, 0) is 5.92 Å². The second-order valence-corrected chi connectivity index (χ2v) is 3.67. The molecule has 0 unspecified atom stereocenters. The van der Waals surface area contributed by atoms with Gasteiger partial charge in [-0.3, -0.25) is 4.79 Å². The Hall–Kier alpha value is -1.32. The molecule has 0 aliphatic rings. The summed E-state index contributed by atoms with van der Waals surface area (Å²) in [5.41, 5.74) is 1.09. The normalized spacial score (nSPS) is 10.6. The molecule has 78 valence electrons. The summed E-state index contributed by atoms with van der Waals surface area (Å²) < 4.78 is 1.99. The number of amides is 1. The molecule has 4 heteroatoms. The molecule has 0 aromatic carbocycles. The van der Waals surface area contributed by atoms with Crippen molar-refractivity contribution in [2.24, 2.45) is 0 Å². The molecule has 0 spiro atoms. The van der Waals surface area contributed by atoms with Crippen LogP contribution < -0.4 is 5.32 Å². The predicted molar refractivity (Wildman–Crippen MR) is 55.0 cm³/mol. The SMILES string of the molecule is CC(=O)NCCn1cnc(C(C)C)c1. The first-order valence-corrected chi connectivity index (χ1v) is 4.85. The van der Waals surface area contributed by atoms with Gasteiger partial charge < -0.3 is 9.88 Å². The summed E-state index contributed by atoms with van der Waals surface area (Å²) in [5.74, 6) is 0.464. The van der Waals surface area contributed by atoms with Crippen LogP contribution in [0.2, 0.25) is 0 Å². The fourth-order valence-electron chi connectivity index (χ4n) is 1.16. The molecule has 0 saturated heterocycles. The number of imidazole rings is 1. The summed E-state index contributed by atoms with van der Waals surface area (Å²) in [5, 5.41) is 2.74. The molecule has 0 saturated carbocycles. The third-order valence-corrected chi connectivity index (χ3v) is 1.99. The number of rotatable bonds is 4. The average Bonchev–Trinajstić information content (AvgIpc) is 2.52. The van der Waals surface area contributed by atoms with Gasteiger partial charge in [0.2, 0.25) is 5.91 Å². The molecule has 1 heterocycles. The van der Waals surface area contributed by atoms with Gasteiger partial charge in [0.25, 0.3) is 0 Å². The molecule has 0 atom stereocenters. The number of aromatic nitrogens is 2. The smallest absolute Gasteiger partial charge is 0.216 e. The molecule has 1 aromatic rings. The van der Waals surface area contributed by atoms with Crippen molar-refractivity contribution in [3.8, 4) is 0 Å². The van der Waals surface area contributed by atoms with E-state index in [4.69, 9.17) is 0 Å². The van der Waals surface area contributed by atoms with Gasteiger partial charge in [0.05, 0.1) is 12.0 Å². The van der Waals surface area contributed by atoms with Gasteiger partial charge in [0.1, 0.15) is 0 Å². The zero-order chi connectivity index (χ0) is 10.6. The molecule has 1 N–H and O–H groups in total. The Balaban J connectivity index is 2.40. The highest BCUT2D eigenvalue weighted by Crippen LogP contribution is 2.09. The van der Waals surface area contributed by atoms with Crippen LogP contribution in [-0.2, 0) is 11.3 Å². The van der Waals surface area contributed by atoms with Crippen molar-refractivity contribution in [3.05, 3.63) is 18.2 Å². The summed E-state index contributed by atoms with van der Waals surface area (Å²) in [6.45, 7) is 7.18. The van der Waals surface area contributed by atoms with E-state index < -0.39 is 0 Å². The van der Waals surface area contributed by atoms with E-state index in [9.17, 15) is 4.79 Å². The summed E-state index contributed by atoms with van der Waals surface area (Å²) in [4.78, 5) is 14.9.